The van der Waals surface area contributed by atoms with Crippen molar-refractivity contribution in [3.05, 3.63) is 29.6 Å². The number of hydrogen-bond acceptors (Lipinski definition) is 0. The molecule has 1 aromatic rings. The lowest BCUT2D eigenvalue weighted by Gasteiger charge is -1.98. The fraction of sp³-hybridized carbons (Fsp3) is 0.444. The summed E-state index contributed by atoms with van der Waals surface area (Å²) in [7, 11) is 2.09. The van der Waals surface area contributed by atoms with Gasteiger partial charge >= 0.3 is 0 Å². The third-order valence-electron chi connectivity index (χ3n) is 1.87. The standard InChI is InChI=1S/C9H14N/c1-4-9-8(2)6-5-7-10(9)3/h5-7H,4H2,1-3H3/q+1. The highest BCUT2D eigenvalue weighted by atomic mass is 14.9. The Bertz CT molecular complexity index is 208. The molecular weight excluding hydrogens is 122 g/mol. The van der Waals surface area contributed by atoms with Crippen molar-refractivity contribution >= 4 is 0 Å². The highest BCUT2D eigenvalue weighted by Crippen LogP contribution is 2.00. The zero-order valence-corrected chi connectivity index (χ0v) is 6.89. The SMILES string of the molecule is CCc1c(C)ccc[n+]1C. The van der Waals surface area contributed by atoms with E-state index in [1.807, 2.05) is 0 Å². The zero-order chi connectivity index (χ0) is 7.56. The molecule has 1 aromatic heterocycles. The lowest BCUT2D eigenvalue weighted by molar-refractivity contribution is -0.679. The number of aryl methyl sites for hydroxylation is 2. The molecule has 0 saturated heterocycles. The van der Waals surface area contributed by atoms with E-state index in [9.17, 15) is 0 Å². The van der Waals surface area contributed by atoms with Gasteiger partial charge in [0.2, 0.25) is 0 Å². The van der Waals surface area contributed by atoms with E-state index in [0.717, 1.165) is 6.42 Å². The van der Waals surface area contributed by atoms with Crippen LogP contribution in [0.1, 0.15) is 18.2 Å². The van der Waals surface area contributed by atoms with Crippen LogP contribution in [0.3, 0.4) is 0 Å². The Morgan fingerprint density at radius 3 is 2.60 bits per heavy atom. The van der Waals surface area contributed by atoms with E-state index in [1.54, 1.807) is 0 Å². The van der Waals surface area contributed by atoms with Crippen LogP contribution in [0, 0.1) is 6.92 Å². The maximum Gasteiger partial charge on any atom is 0.183 e. The van der Waals surface area contributed by atoms with Crippen LogP contribution in [0.15, 0.2) is 18.3 Å². The van der Waals surface area contributed by atoms with Crippen molar-refractivity contribution < 1.29 is 4.57 Å². The lowest BCUT2D eigenvalue weighted by Crippen LogP contribution is -2.33. The second kappa shape index (κ2) is 2.82. The molecule has 1 heteroatoms. The van der Waals surface area contributed by atoms with Gasteiger partial charge in [-0.05, 0) is 13.0 Å². The second-order valence-electron chi connectivity index (χ2n) is 2.60. The Labute approximate surface area is 62.3 Å². The molecule has 0 aromatic carbocycles. The quantitative estimate of drug-likeness (QED) is 0.513. The molecule has 0 radical (unpaired) electrons. The first-order valence-electron chi connectivity index (χ1n) is 3.70. The van der Waals surface area contributed by atoms with Crippen molar-refractivity contribution in [1.82, 2.24) is 0 Å². The van der Waals surface area contributed by atoms with Gasteiger partial charge in [0.05, 0.1) is 0 Å². The summed E-state index contributed by atoms with van der Waals surface area (Å²) in [5.41, 5.74) is 2.80. The van der Waals surface area contributed by atoms with E-state index in [-0.39, 0.29) is 0 Å². The predicted octanol–water partition coefficient (Wildman–Crippen LogP) is 1.38. The summed E-state index contributed by atoms with van der Waals surface area (Å²) >= 11 is 0. The summed E-state index contributed by atoms with van der Waals surface area (Å²) in [6, 6.07) is 4.23. The van der Waals surface area contributed by atoms with Gasteiger partial charge in [-0.1, -0.05) is 6.92 Å². The Morgan fingerprint density at radius 1 is 1.50 bits per heavy atom. The van der Waals surface area contributed by atoms with Crippen molar-refractivity contribution in [3.63, 3.8) is 0 Å². The van der Waals surface area contributed by atoms with Crippen LogP contribution in [0.2, 0.25) is 0 Å². The summed E-state index contributed by atoms with van der Waals surface area (Å²) in [4.78, 5) is 0. The van der Waals surface area contributed by atoms with Gasteiger partial charge in [0.15, 0.2) is 11.9 Å². The first kappa shape index (κ1) is 7.26. The van der Waals surface area contributed by atoms with Crippen LogP contribution in [-0.2, 0) is 13.5 Å². The predicted molar refractivity (Wildman–Crippen MR) is 41.7 cm³/mol. The van der Waals surface area contributed by atoms with E-state index in [4.69, 9.17) is 0 Å². The molecule has 0 spiro atoms. The zero-order valence-electron chi connectivity index (χ0n) is 6.89. The topological polar surface area (TPSA) is 3.88 Å². The number of hydrogen-bond donors (Lipinski definition) is 0. The minimum absolute atomic E-state index is 1.11. The first-order chi connectivity index (χ1) is 4.75. The average molecular weight is 136 g/mol. The van der Waals surface area contributed by atoms with Gasteiger partial charge in [-0.2, -0.15) is 0 Å². The fourth-order valence-electron chi connectivity index (χ4n) is 1.31. The minimum Gasteiger partial charge on any atom is -0.205 e. The Morgan fingerprint density at radius 2 is 2.20 bits per heavy atom. The molecule has 0 bridgehead atoms. The molecule has 10 heavy (non-hydrogen) atoms. The van der Waals surface area contributed by atoms with Crippen LogP contribution < -0.4 is 4.57 Å². The van der Waals surface area contributed by atoms with Crippen LogP contribution in [0.25, 0.3) is 0 Å². The van der Waals surface area contributed by atoms with Gasteiger partial charge in [0, 0.05) is 18.1 Å². The monoisotopic (exact) mass is 136 g/mol. The summed E-state index contributed by atoms with van der Waals surface area (Å²) in [6.07, 6.45) is 3.20. The molecule has 0 N–H and O–H groups in total. The molecule has 0 aliphatic heterocycles. The maximum absolute atomic E-state index is 2.18. The Hall–Kier alpha value is -0.850. The van der Waals surface area contributed by atoms with Crippen LogP contribution in [0.5, 0.6) is 0 Å². The van der Waals surface area contributed by atoms with Crippen molar-refractivity contribution in [1.29, 1.82) is 0 Å². The Balaban J connectivity index is 3.17. The first-order valence-corrected chi connectivity index (χ1v) is 3.70. The average Bonchev–Trinajstić information content (AvgIpc) is 1.88. The molecule has 1 rings (SSSR count). The molecule has 1 nitrogen and oxygen atoms in total. The summed E-state index contributed by atoms with van der Waals surface area (Å²) in [5.74, 6) is 0. The summed E-state index contributed by atoms with van der Waals surface area (Å²) in [6.45, 7) is 4.33. The summed E-state index contributed by atoms with van der Waals surface area (Å²) in [5, 5.41) is 0. The third kappa shape index (κ3) is 1.18. The fourth-order valence-corrected chi connectivity index (χ4v) is 1.31. The maximum atomic E-state index is 2.18. The third-order valence-corrected chi connectivity index (χ3v) is 1.87. The van der Waals surface area contributed by atoms with Crippen LogP contribution in [0.4, 0.5) is 0 Å². The molecule has 0 atom stereocenters. The van der Waals surface area contributed by atoms with E-state index < -0.39 is 0 Å². The number of aromatic nitrogens is 1. The molecule has 1 heterocycles. The molecule has 0 aliphatic rings. The van der Waals surface area contributed by atoms with Crippen LogP contribution >= 0.6 is 0 Å². The Kier molecular flexibility index (Phi) is 2.05. The van der Waals surface area contributed by atoms with Gasteiger partial charge in [0.25, 0.3) is 0 Å². The smallest absolute Gasteiger partial charge is 0.183 e. The molecule has 0 aliphatic carbocycles. The normalized spacial score (nSPS) is 9.90. The molecule has 0 saturated carbocycles. The molecule has 54 valence electrons. The van der Waals surface area contributed by atoms with Gasteiger partial charge in [0.1, 0.15) is 7.05 Å². The van der Waals surface area contributed by atoms with Crippen molar-refractivity contribution in [2.75, 3.05) is 0 Å². The molecule has 0 amide bonds. The lowest BCUT2D eigenvalue weighted by atomic mass is 10.2. The van der Waals surface area contributed by atoms with E-state index in [2.05, 4.69) is 43.8 Å². The highest BCUT2D eigenvalue weighted by Gasteiger charge is 2.04. The van der Waals surface area contributed by atoms with Gasteiger partial charge in [-0.15, -0.1) is 0 Å². The van der Waals surface area contributed by atoms with E-state index >= 15 is 0 Å². The molecular formula is C9H14N+. The van der Waals surface area contributed by atoms with Crippen molar-refractivity contribution in [3.8, 4) is 0 Å². The highest BCUT2D eigenvalue weighted by molar-refractivity contribution is 5.12. The van der Waals surface area contributed by atoms with Gasteiger partial charge < -0.3 is 0 Å². The van der Waals surface area contributed by atoms with E-state index in [0.29, 0.717) is 0 Å². The number of rotatable bonds is 1. The minimum atomic E-state index is 1.11. The summed E-state index contributed by atoms with van der Waals surface area (Å²) < 4.78 is 2.18. The number of pyridine rings is 1. The molecule has 0 fully saturated rings. The molecule has 0 unspecified atom stereocenters. The second-order valence-corrected chi connectivity index (χ2v) is 2.60. The number of nitrogens with zero attached hydrogens (tertiary/aromatic N) is 1. The van der Waals surface area contributed by atoms with Crippen molar-refractivity contribution in [2.45, 2.75) is 20.3 Å². The largest absolute Gasteiger partial charge is 0.205 e. The van der Waals surface area contributed by atoms with Gasteiger partial charge in [-0.3, -0.25) is 0 Å². The van der Waals surface area contributed by atoms with Crippen LogP contribution in [-0.4, -0.2) is 0 Å². The van der Waals surface area contributed by atoms with Gasteiger partial charge in [-0.25, -0.2) is 4.57 Å². The van der Waals surface area contributed by atoms with Crippen molar-refractivity contribution in [2.24, 2.45) is 7.05 Å². The van der Waals surface area contributed by atoms with E-state index in [1.165, 1.54) is 11.3 Å².